The van der Waals surface area contributed by atoms with E-state index in [-0.39, 0.29) is 35.1 Å². The first kappa shape index (κ1) is 27.7. The number of rotatable bonds is 12. The summed E-state index contributed by atoms with van der Waals surface area (Å²) in [4.78, 5) is 4.31. The molecule has 1 aromatic rings. The van der Waals surface area contributed by atoms with Crippen molar-refractivity contribution in [2.45, 2.75) is 52.1 Å². The minimum Gasteiger partial charge on any atom is -0.493 e. The molecule has 1 aliphatic carbocycles. The maximum Gasteiger partial charge on any atom is 0.387 e. The lowest BCUT2D eigenvalue weighted by Gasteiger charge is -2.30. The summed E-state index contributed by atoms with van der Waals surface area (Å²) in [5, 5.41) is 6.76. The topological polar surface area (TPSA) is 64.1 Å². The molecule has 2 rings (SSSR count). The van der Waals surface area contributed by atoms with E-state index in [1.54, 1.807) is 19.2 Å². The number of hydrogen-bond donors (Lipinski definition) is 2. The molecule has 178 valence electrons. The number of guanidine groups is 1. The molecule has 0 aromatic heterocycles. The zero-order valence-corrected chi connectivity index (χ0v) is 21.0. The second-order valence-corrected chi connectivity index (χ2v) is 7.62. The van der Waals surface area contributed by atoms with Gasteiger partial charge in [0.15, 0.2) is 17.5 Å². The number of alkyl halides is 2. The predicted molar refractivity (Wildman–Crippen MR) is 130 cm³/mol. The molecular weight excluding hydrogens is 519 g/mol. The van der Waals surface area contributed by atoms with Gasteiger partial charge in [-0.3, -0.25) is 4.99 Å². The van der Waals surface area contributed by atoms with Gasteiger partial charge in [0.1, 0.15) is 0 Å². The molecule has 0 bridgehead atoms. The second-order valence-electron chi connectivity index (χ2n) is 7.62. The van der Waals surface area contributed by atoms with Gasteiger partial charge in [-0.15, -0.1) is 24.0 Å². The first-order valence-electron chi connectivity index (χ1n) is 10.7. The van der Waals surface area contributed by atoms with Gasteiger partial charge in [-0.1, -0.05) is 18.9 Å². The van der Waals surface area contributed by atoms with Crippen LogP contribution in [0.2, 0.25) is 0 Å². The molecule has 1 saturated carbocycles. The molecule has 0 spiro atoms. The van der Waals surface area contributed by atoms with Gasteiger partial charge in [0, 0.05) is 33.4 Å². The molecule has 0 aliphatic heterocycles. The highest BCUT2D eigenvalue weighted by atomic mass is 127. The van der Waals surface area contributed by atoms with Crippen LogP contribution in [0.5, 0.6) is 11.5 Å². The molecular formula is C22H36F2IN3O3. The monoisotopic (exact) mass is 555 g/mol. The van der Waals surface area contributed by atoms with Crippen molar-refractivity contribution in [1.82, 2.24) is 10.6 Å². The molecule has 0 saturated heterocycles. The molecule has 9 heteroatoms. The highest BCUT2D eigenvalue weighted by Crippen LogP contribution is 2.40. The fourth-order valence-corrected chi connectivity index (χ4v) is 3.95. The van der Waals surface area contributed by atoms with Gasteiger partial charge in [-0.2, -0.15) is 8.78 Å². The van der Waals surface area contributed by atoms with E-state index in [2.05, 4.69) is 20.4 Å². The van der Waals surface area contributed by atoms with E-state index in [1.165, 1.54) is 32.8 Å². The zero-order valence-electron chi connectivity index (χ0n) is 18.7. The van der Waals surface area contributed by atoms with Gasteiger partial charge in [0.05, 0.1) is 7.11 Å². The van der Waals surface area contributed by atoms with Crippen molar-refractivity contribution in [2.75, 3.05) is 40.5 Å². The minimum absolute atomic E-state index is 0. The summed E-state index contributed by atoms with van der Waals surface area (Å²) in [5.74, 6) is 1.08. The highest BCUT2D eigenvalue weighted by molar-refractivity contribution is 14.0. The number of nitrogens with one attached hydrogen (secondary N) is 2. The van der Waals surface area contributed by atoms with E-state index in [0.29, 0.717) is 18.7 Å². The Hall–Kier alpha value is -1.36. The SMILES string of the molecule is CCOCCC1(CNC(=NC)NCCc2ccc(OC)c(OC(F)F)c2)CCCC1.I. The van der Waals surface area contributed by atoms with Crippen LogP contribution < -0.4 is 20.1 Å². The Balaban J connectivity index is 0.00000480. The van der Waals surface area contributed by atoms with Gasteiger partial charge in [0.25, 0.3) is 0 Å². The van der Waals surface area contributed by atoms with Crippen molar-refractivity contribution in [2.24, 2.45) is 10.4 Å². The molecule has 31 heavy (non-hydrogen) atoms. The number of ether oxygens (including phenoxy) is 3. The van der Waals surface area contributed by atoms with Crippen LogP contribution >= 0.6 is 24.0 Å². The maximum atomic E-state index is 12.6. The lowest BCUT2D eigenvalue weighted by atomic mass is 9.83. The number of benzene rings is 1. The summed E-state index contributed by atoms with van der Waals surface area (Å²) in [6.45, 7) is 2.17. The molecule has 0 atom stereocenters. The molecule has 0 unspecified atom stereocenters. The lowest BCUT2D eigenvalue weighted by molar-refractivity contribution is -0.0512. The van der Waals surface area contributed by atoms with Crippen LogP contribution in [-0.2, 0) is 11.2 Å². The van der Waals surface area contributed by atoms with Crippen LogP contribution in [0.4, 0.5) is 8.78 Å². The molecule has 6 nitrogen and oxygen atoms in total. The second kappa shape index (κ2) is 14.7. The molecule has 1 fully saturated rings. The summed E-state index contributed by atoms with van der Waals surface area (Å²) >= 11 is 0. The molecule has 2 N–H and O–H groups in total. The van der Waals surface area contributed by atoms with Gasteiger partial charge in [0.2, 0.25) is 0 Å². The van der Waals surface area contributed by atoms with Crippen molar-refractivity contribution < 1.29 is 23.0 Å². The fourth-order valence-electron chi connectivity index (χ4n) is 3.95. The minimum atomic E-state index is -2.89. The average Bonchev–Trinajstić information content (AvgIpc) is 3.19. The molecule has 0 radical (unpaired) electrons. The van der Waals surface area contributed by atoms with Crippen LogP contribution in [0.25, 0.3) is 0 Å². The van der Waals surface area contributed by atoms with Gasteiger partial charge < -0.3 is 24.8 Å². The third-order valence-corrected chi connectivity index (χ3v) is 5.65. The van der Waals surface area contributed by atoms with Crippen molar-refractivity contribution in [1.29, 1.82) is 0 Å². The van der Waals surface area contributed by atoms with Crippen LogP contribution in [0.3, 0.4) is 0 Å². The molecule has 1 aromatic carbocycles. The number of hydrogen-bond acceptors (Lipinski definition) is 4. The zero-order chi connectivity index (χ0) is 21.8. The van der Waals surface area contributed by atoms with E-state index < -0.39 is 6.61 Å². The van der Waals surface area contributed by atoms with Crippen molar-refractivity contribution >= 4 is 29.9 Å². The van der Waals surface area contributed by atoms with E-state index in [4.69, 9.17) is 9.47 Å². The Morgan fingerprint density at radius 1 is 1.19 bits per heavy atom. The Morgan fingerprint density at radius 2 is 1.94 bits per heavy atom. The van der Waals surface area contributed by atoms with Crippen LogP contribution in [0.1, 0.15) is 44.6 Å². The van der Waals surface area contributed by atoms with Crippen molar-refractivity contribution in [3.63, 3.8) is 0 Å². The number of halogens is 3. The van der Waals surface area contributed by atoms with Crippen LogP contribution in [-0.4, -0.2) is 53.0 Å². The van der Waals surface area contributed by atoms with Gasteiger partial charge in [-0.05, 0) is 55.7 Å². The largest absolute Gasteiger partial charge is 0.493 e. The average molecular weight is 555 g/mol. The third-order valence-electron chi connectivity index (χ3n) is 5.65. The Bertz CT molecular complexity index is 671. The van der Waals surface area contributed by atoms with Crippen molar-refractivity contribution in [3.8, 4) is 11.5 Å². The molecule has 0 heterocycles. The third kappa shape index (κ3) is 9.34. The first-order chi connectivity index (χ1) is 14.5. The van der Waals surface area contributed by atoms with E-state index in [0.717, 1.165) is 37.7 Å². The van der Waals surface area contributed by atoms with E-state index >= 15 is 0 Å². The lowest BCUT2D eigenvalue weighted by Crippen LogP contribution is -2.44. The fraction of sp³-hybridized carbons (Fsp3) is 0.682. The van der Waals surface area contributed by atoms with Gasteiger partial charge >= 0.3 is 6.61 Å². The summed E-state index contributed by atoms with van der Waals surface area (Å²) in [6.07, 6.45) is 6.65. The number of aliphatic imine (C=N–C) groups is 1. The highest BCUT2D eigenvalue weighted by Gasteiger charge is 2.33. The van der Waals surface area contributed by atoms with E-state index in [1.807, 2.05) is 13.0 Å². The molecule has 1 aliphatic rings. The quantitative estimate of drug-likeness (QED) is 0.171. The first-order valence-corrected chi connectivity index (χ1v) is 10.7. The maximum absolute atomic E-state index is 12.6. The number of nitrogens with zero attached hydrogens (tertiary/aromatic N) is 1. The van der Waals surface area contributed by atoms with Crippen LogP contribution in [0, 0.1) is 5.41 Å². The Kier molecular flexibility index (Phi) is 13.1. The Labute approximate surface area is 201 Å². The molecule has 0 amide bonds. The smallest absolute Gasteiger partial charge is 0.387 e. The van der Waals surface area contributed by atoms with E-state index in [9.17, 15) is 8.78 Å². The predicted octanol–water partition coefficient (Wildman–Crippen LogP) is 4.61. The number of methoxy groups -OCH3 is 1. The summed E-state index contributed by atoms with van der Waals surface area (Å²) in [7, 11) is 3.18. The summed E-state index contributed by atoms with van der Waals surface area (Å²) < 4.78 is 40.4. The van der Waals surface area contributed by atoms with Crippen LogP contribution in [0.15, 0.2) is 23.2 Å². The van der Waals surface area contributed by atoms with Crippen molar-refractivity contribution in [3.05, 3.63) is 23.8 Å². The summed E-state index contributed by atoms with van der Waals surface area (Å²) in [6, 6.07) is 5.07. The summed E-state index contributed by atoms with van der Waals surface area (Å²) in [5.41, 5.74) is 1.14. The Morgan fingerprint density at radius 3 is 2.55 bits per heavy atom. The normalized spacial score (nSPS) is 15.5. The standard InChI is InChI=1S/C22H35F2N3O3.HI/c1-4-29-14-12-22(10-5-6-11-22)16-27-21(25-2)26-13-9-17-7-8-18(28-3)19(15-17)30-20(23)24;/h7-8,15,20H,4-6,9-14,16H2,1-3H3,(H2,25,26,27);1H. The van der Waals surface area contributed by atoms with Gasteiger partial charge in [-0.25, -0.2) is 0 Å².